The van der Waals surface area contributed by atoms with Gasteiger partial charge in [0.1, 0.15) is 10.8 Å². The number of ether oxygens (including phenoxy) is 1. The molecule has 0 saturated carbocycles. The first-order chi connectivity index (χ1) is 12.0. The Labute approximate surface area is 159 Å². The summed E-state index contributed by atoms with van der Waals surface area (Å²) in [7, 11) is 0. The van der Waals surface area contributed by atoms with Crippen LogP contribution in [0.4, 0.5) is 0 Å². The van der Waals surface area contributed by atoms with E-state index in [0.717, 1.165) is 20.5 Å². The normalized spacial score (nSPS) is 12.0. The molecule has 2 aromatic heterocycles. The van der Waals surface area contributed by atoms with Gasteiger partial charge in [0.25, 0.3) is 5.91 Å². The molecule has 0 spiro atoms. The van der Waals surface area contributed by atoms with Crippen molar-refractivity contribution in [2.75, 3.05) is 0 Å². The van der Waals surface area contributed by atoms with Crippen molar-refractivity contribution >= 4 is 40.2 Å². The van der Waals surface area contributed by atoms with Gasteiger partial charge in [-0.2, -0.15) is 0 Å². The third-order valence-corrected chi connectivity index (χ3v) is 6.07. The largest absolute Gasteiger partial charge is 0.479 e. The van der Waals surface area contributed by atoms with Gasteiger partial charge in [-0.15, -0.1) is 22.7 Å². The number of thiazole rings is 1. The van der Waals surface area contributed by atoms with E-state index in [1.165, 1.54) is 0 Å². The van der Waals surface area contributed by atoms with E-state index in [0.29, 0.717) is 17.3 Å². The van der Waals surface area contributed by atoms with Crippen LogP contribution in [0.15, 0.2) is 41.8 Å². The number of aromatic nitrogens is 1. The van der Waals surface area contributed by atoms with Crippen LogP contribution in [0.3, 0.4) is 0 Å². The van der Waals surface area contributed by atoms with E-state index in [-0.39, 0.29) is 5.91 Å². The number of nitrogens with one attached hydrogen (secondary N) is 1. The summed E-state index contributed by atoms with van der Waals surface area (Å²) < 4.78 is 5.64. The van der Waals surface area contributed by atoms with Crippen LogP contribution in [-0.2, 0) is 11.3 Å². The van der Waals surface area contributed by atoms with Crippen LogP contribution in [0.5, 0.6) is 5.75 Å². The van der Waals surface area contributed by atoms with Crippen molar-refractivity contribution in [3.63, 3.8) is 0 Å². The zero-order chi connectivity index (χ0) is 17.8. The Hall–Kier alpha value is -1.89. The molecule has 1 atom stereocenters. The van der Waals surface area contributed by atoms with Crippen LogP contribution in [0, 0.1) is 6.92 Å². The molecule has 130 valence electrons. The van der Waals surface area contributed by atoms with E-state index >= 15 is 0 Å². The van der Waals surface area contributed by atoms with Crippen molar-refractivity contribution in [2.45, 2.75) is 26.5 Å². The van der Waals surface area contributed by atoms with Gasteiger partial charge in [0, 0.05) is 4.88 Å². The molecule has 1 aromatic carbocycles. The average Bonchev–Trinajstić information content (AvgIpc) is 3.24. The molecule has 1 unspecified atom stereocenters. The Morgan fingerprint density at radius 3 is 2.84 bits per heavy atom. The molecule has 0 fully saturated rings. The Morgan fingerprint density at radius 2 is 2.12 bits per heavy atom. The minimum Gasteiger partial charge on any atom is -0.479 e. The molecule has 1 amide bonds. The van der Waals surface area contributed by atoms with Gasteiger partial charge in [0.15, 0.2) is 6.10 Å². The summed E-state index contributed by atoms with van der Waals surface area (Å²) in [6.45, 7) is 4.10. The standard InChI is InChI=1S/C18H17ClN2O2S2/c1-11-16(25-18(21-11)15-8-5-9-24-15)10-20-17(22)12(2)23-14-7-4-3-6-13(14)19/h3-9,12H,10H2,1-2H3,(H,20,22). The van der Waals surface area contributed by atoms with Gasteiger partial charge in [-0.05, 0) is 37.4 Å². The highest BCUT2D eigenvalue weighted by atomic mass is 35.5. The summed E-state index contributed by atoms with van der Waals surface area (Å²) in [6, 6.07) is 11.2. The third-order valence-electron chi connectivity index (χ3n) is 3.56. The number of rotatable bonds is 6. The fourth-order valence-electron chi connectivity index (χ4n) is 2.19. The number of thiophene rings is 1. The number of carbonyl (C=O) groups excluding carboxylic acids is 1. The lowest BCUT2D eigenvalue weighted by molar-refractivity contribution is -0.127. The zero-order valence-corrected chi connectivity index (χ0v) is 16.2. The van der Waals surface area contributed by atoms with Crippen LogP contribution in [0.25, 0.3) is 9.88 Å². The van der Waals surface area contributed by atoms with E-state index in [1.807, 2.05) is 36.6 Å². The molecule has 7 heteroatoms. The number of para-hydroxylation sites is 1. The Morgan fingerprint density at radius 1 is 1.32 bits per heavy atom. The average molecular weight is 393 g/mol. The molecule has 3 aromatic rings. The second-order valence-electron chi connectivity index (χ2n) is 5.41. The lowest BCUT2D eigenvalue weighted by atomic mass is 10.3. The summed E-state index contributed by atoms with van der Waals surface area (Å²) in [4.78, 5) is 19.1. The van der Waals surface area contributed by atoms with Crippen molar-refractivity contribution in [2.24, 2.45) is 0 Å². The number of hydrogen-bond donors (Lipinski definition) is 1. The van der Waals surface area contributed by atoms with E-state index in [1.54, 1.807) is 41.7 Å². The smallest absolute Gasteiger partial charge is 0.261 e. The Balaban J connectivity index is 1.60. The molecule has 0 aliphatic heterocycles. The van der Waals surface area contributed by atoms with Crippen LogP contribution in [0.1, 0.15) is 17.5 Å². The van der Waals surface area contributed by atoms with Gasteiger partial charge in [-0.1, -0.05) is 29.8 Å². The van der Waals surface area contributed by atoms with E-state index < -0.39 is 6.10 Å². The predicted octanol–water partition coefficient (Wildman–Crippen LogP) is 4.92. The highest BCUT2D eigenvalue weighted by Crippen LogP contribution is 2.31. The van der Waals surface area contributed by atoms with Gasteiger partial charge in [-0.25, -0.2) is 4.98 Å². The van der Waals surface area contributed by atoms with Crippen LogP contribution >= 0.6 is 34.3 Å². The van der Waals surface area contributed by atoms with Gasteiger partial charge in [0.05, 0.1) is 22.1 Å². The Bertz CT molecular complexity index is 862. The first-order valence-electron chi connectivity index (χ1n) is 7.73. The molecule has 2 heterocycles. The van der Waals surface area contributed by atoms with Crippen molar-refractivity contribution in [1.82, 2.24) is 10.3 Å². The van der Waals surface area contributed by atoms with Gasteiger partial charge < -0.3 is 10.1 Å². The lowest BCUT2D eigenvalue weighted by Gasteiger charge is -2.15. The van der Waals surface area contributed by atoms with Crippen LogP contribution in [0.2, 0.25) is 5.02 Å². The summed E-state index contributed by atoms with van der Waals surface area (Å²) in [5.74, 6) is 0.311. The number of halogens is 1. The van der Waals surface area contributed by atoms with Crippen molar-refractivity contribution in [3.05, 3.63) is 57.4 Å². The minimum absolute atomic E-state index is 0.189. The number of carbonyl (C=O) groups is 1. The maximum atomic E-state index is 12.3. The summed E-state index contributed by atoms with van der Waals surface area (Å²) in [6.07, 6.45) is -0.634. The molecule has 3 rings (SSSR count). The first-order valence-corrected chi connectivity index (χ1v) is 9.81. The summed E-state index contributed by atoms with van der Waals surface area (Å²) in [5.41, 5.74) is 0.938. The van der Waals surface area contributed by atoms with E-state index in [4.69, 9.17) is 16.3 Å². The number of hydrogen-bond acceptors (Lipinski definition) is 5. The van der Waals surface area contributed by atoms with Crippen molar-refractivity contribution in [3.8, 4) is 15.6 Å². The number of benzene rings is 1. The topological polar surface area (TPSA) is 51.2 Å². The highest BCUT2D eigenvalue weighted by molar-refractivity contribution is 7.21. The zero-order valence-electron chi connectivity index (χ0n) is 13.8. The maximum Gasteiger partial charge on any atom is 0.261 e. The molecule has 0 aliphatic carbocycles. The van der Waals surface area contributed by atoms with Crippen molar-refractivity contribution in [1.29, 1.82) is 0 Å². The summed E-state index contributed by atoms with van der Waals surface area (Å²) >= 11 is 9.31. The lowest BCUT2D eigenvalue weighted by Crippen LogP contribution is -2.35. The maximum absolute atomic E-state index is 12.3. The van der Waals surface area contributed by atoms with Gasteiger partial charge in [-0.3, -0.25) is 4.79 Å². The molecular weight excluding hydrogens is 376 g/mol. The predicted molar refractivity (Wildman–Crippen MR) is 104 cm³/mol. The quantitative estimate of drug-likeness (QED) is 0.647. The van der Waals surface area contributed by atoms with Crippen LogP contribution < -0.4 is 10.1 Å². The van der Waals surface area contributed by atoms with E-state index in [2.05, 4.69) is 10.3 Å². The molecule has 0 saturated heterocycles. The minimum atomic E-state index is -0.634. The highest BCUT2D eigenvalue weighted by Gasteiger charge is 2.17. The molecule has 0 aliphatic rings. The molecular formula is C18H17ClN2O2S2. The summed E-state index contributed by atoms with van der Waals surface area (Å²) in [5, 5.41) is 6.40. The van der Waals surface area contributed by atoms with Crippen molar-refractivity contribution < 1.29 is 9.53 Å². The molecule has 0 bridgehead atoms. The molecule has 0 radical (unpaired) electrons. The molecule has 4 nitrogen and oxygen atoms in total. The SMILES string of the molecule is Cc1nc(-c2cccs2)sc1CNC(=O)C(C)Oc1ccccc1Cl. The number of amides is 1. The number of nitrogens with zero attached hydrogens (tertiary/aromatic N) is 1. The monoisotopic (exact) mass is 392 g/mol. The van der Waals surface area contributed by atoms with Gasteiger partial charge in [0.2, 0.25) is 0 Å². The van der Waals surface area contributed by atoms with Crippen LogP contribution in [-0.4, -0.2) is 17.0 Å². The second-order valence-corrected chi connectivity index (χ2v) is 7.85. The third kappa shape index (κ3) is 4.39. The first kappa shape index (κ1) is 17.9. The fourth-order valence-corrected chi connectivity index (χ4v) is 4.17. The molecule has 1 N–H and O–H groups in total. The van der Waals surface area contributed by atoms with E-state index in [9.17, 15) is 4.79 Å². The number of aryl methyl sites for hydroxylation is 1. The Kier molecular flexibility index (Phi) is 5.73. The fraction of sp³-hybridized carbons (Fsp3) is 0.222. The van der Waals surface area contributed by atoms with Gasteiger partial charge >= 0.3 is 0 Å². The molecule has 25 heavy (non-hydrogen) atoms. The second kappa shape index (κ2) is 7.99.